The van der Waals surface area contributed by atoms with Gasteiger partial charge in [-0.05, 0) is 6.92 Å². The van der Waals surface area contributed by atoms with E-state index in [1.165, 1.54) is 4.90 Å². The molecular formula is C11H16N4O3. The van der Waals surface area contributed by atoms with E-state index in [0.717, 1.165) is 11.3 Å². The van der Waals surface area contributed by atoms with E-state index in [4.69, 9.17) is 5.11 Å². The summed E-state index contributed by atoms with van der Waals surface area (Å²) in [5, 5.41) is 15.6. The van der Waals surface area contributed by atoms with Crippen LogP contribution in [0, 0.1) is 12.8 Å². The number of urea groups is 1. The van der Waals surface area contributed by atoms with E-state index in [0.29, 0.717) is 6.54 Å². The lowest BCUT2D eigenvalue weighted by Crippen LogP contribution is -2.56. The Morgan fingerprint density at radius 3 is 2.72 bits per heavy atom. The second-order valence-corrected chi connectivity index (χ2v) is 4.51. The number of amides is 2. The van der Waals surface area contributed by atoms with Crippen molar-refractivity contribution in [3.8, 4) is 0 Å². The van der Waals surface area contributed by atoms with Gasteiger partial charge in [0.05, 0.1) is 11.6 Å². The van der Waals surface area contributed by atoms with Gasteiger partial charge in [-0.1, -0.05) is 0 Å². The van der Waals surface area contributed by atoms with E-state index in [2.05, 4.69) is 10.4 Å². The average molecular weight is 252 g/mol. The molecule has 0 unspecified atom stereocenters. The zero-order chi connectivity index (χ0) is 13.3. The molecule has 1 saturated heterocycles. The molecule has 0 aromatic carbocycles. The van der Waals surface area contributed by atoms with Crippen LogP contribution in [0.25, 0.3) is 0 Å². The Hall–Kier alpha value is -2.05. The van der Waals surface area contributed by atoms with Crippen molar-refractivity contribution in [2.24, 2.45) is 13.0 Å². The lowest BCUT2D eigenvalue weighted by molar-refractivity contribution is -0.146. The Balaban J connectivity index is 1.80. The molecule has 2 rings (SSSR count). The standard InChI is InChI=1S/C11H16N4O3/c1-7-8(4-14(2)13-7)3-12-11(18)15-5-9(6-15)10(16)17/h4,9H,3,5-6H2,1-2H3,(H,12,18)(H,16,17). The van der Waals surface area contributed by atoms with Gasteiger partial charge < -0.3 is 15.3 Å². The zero-order valence-electron chi connectivity index (χ0n) is 10.4. The summed E-state index contributed by atoms with van der Waals surface area (Å²) in [5.41, 5.74) is 1.84. The topological polar surface area (TPSA) is 87.5 Å². The number of rotatable bonds is 3. The number of nitrogens with one attached hydrogen (secondary N) is 1. The van der Waals surface area contributed by atoms with Crippen molar-refractivity contribution in [3.05, 3.63) is 17.5 Å². The summed E-state index contributed by atoms with van der Waals surface area (Å²) in [6.07, 6.45) is 1.85. The van der Waals surface area contributed by atoms with E-state index < -0.39 is 11.9 Å². The molecule has 1 aliphatic rings. The average Bonchev–Trinajstić information content (AvgIpc) is 2.51. The number of aryl methyl sites for hydroxylation is 2. The zero-order valence-corrected chi connectivity index (χ0v) is 10.4. The lowest BCUT2D eigenvalue weighted by atomic mass is 10.0. The largest absolute Gasteiger partial charge is 0.481 e. The maximum absolute atomic E-state index is 11.7. The van der Waals surface area contributed by atoms with Crippen LogP contribution < -0.4 is 5.32 Å². The number of carboxylic acids is 1. The van der Waals surface area contributed by atoms with E-state index >= 15 is 0 Å². The molecular weight excluding hydrogens is 236 g/mol. The highest BCUT2D eigenvalue weighted by Gasteiger charge is 2.35. The maximum atomic E-state index is 11.7. The Kier molecular flexibility index (Phi) is 3.22. The van der Waals surface area contributed by atoms with Crippen molar-refractivity contribution in [2.45, 2.75) is 13.5 Å². The molecule has 0 spiro atoms. The highest BCUT2D eigenvalue weighted by molar-refractivity contribution is 5.79. The molecule has 0 atom stereocenters. The van der Waals surface area contributed by atoms with Gasteiger partial charge in [-0.25, -0.2) is 4.79 Å². The number of hydrogen-bond donors (Lipinski definition) is 2. The number of aliphatic carboxylic acids is 1. The summed E-state index contributed by atoms with van der Waals surface area (Å²) >= 11 is 0. The summed E-state index contributed by atoms with van der Waals surface area (Å²) in [4.78, 5) is 23.8. The van der Waals surface area contributed by atoms with Crippen LogP contribution in [0.15, 0.2) is 6.20 Å². The van der Waals surface area contributed by atoms with Crippen molar-refractivity contribution in [1.29, 1.82) is 0 Å². The van der Waals surface area contributed by atoms with Gasteiger partial charge in [-0.3, -0.25) is 9.48 Å². The second-order valence-electron chi connectivity index (χ2n) is 4.51. The molecule has 2 N–H and O–H groups in total. The molecule has 2 heterocycles. The van der Waals surface area contributed by atoms with E-state index in [9.17, 15) is 9.59 Å². The lowest BCUT2D eigenvalue weighted by Gasteiger charge is -2.36. The predicted octanol–water partition coefficient (Wildman–Crippen LogP) is -0.0455. The molecule has 0 radical (unpaired) electrons. The van der Waals surface area contributed by atoms with Crippen LogP contribution in [-0.4, -0.2) is 44.9 Å². The van der Waals surface area contributed by atoms with Crippen molar-refractivity contribution >= 4 is 12.0 Å². The normalized spacial score (nSPS) is 15.3. The summed E-state index contributed by atoms with van der Waals surface area (Å²) in [5.74, 6) is -1.27. The molecule has 1 fully saturated rings. The highest BCUT2D eigenvalue weighted by atomic mass is 16.4. The van der Waals surface area contributed by atoms with Crippen LogP contribution in [0.2, 0.25) is 0 Å². The molecule has 0 bridgehead atoms. The molecule has 0 aliphatic carbocycles. The Bertz CT molecular complexity index is 477. The van der Waals surface area contributed by atoms with Crippen LogP contribution in [0.5, 0.6) is 0 Å². The van der Waals surface area contributed by atoms with E-state index in [1.54, 1.807) is 4.68 Å². The van der Waals surface area contributed by atoms with Crippen molar-refractivity contribution in [2.75, 3.05) is 13.1 Å². The minimum atomic E-state index is -0.845. The molecule has 1 aliphatic heterocycles. The predicted molar refractivity (Wildman–Crippen MR) is 62.9 cm³/mol. The number of carboxylic acid groups (broad SMARTS) is 1. The third-order valence-electron chi connectivity index (χ3n) is 3.06. The van der Waals surface area contributed by atoms with Gasteiger partial charge in [-0.15, -0.1) is 0 Å². The fraction of sp³-hybridized carbons (Fsp3) is 0.545. The molecule has 98 valence electrons. The number of carbonyl (C=O) groups is 2. The second kappa shape index (κ2) is 4.67. The first-order valence-corrected chi connectivity index (χ1v) is 5.72. The smallest absolute Gasteiger partial charge is 0.317 e. The number of nitrogens with zero attached hydrogens (tertiary/aromatic N) is 3. The van der Waals surface area contributed by atoms with Crippen LogP contribution in [0.3, 0.4) is 0 Å². The molecule has 2 amide bonds. The number of hydrogen-bond acceptors (Lipinski definition) is 3. The summed E-state index contributed by atoms with van der Waals surface area (Å²) in [7, 11) is 1.82. The SMILES string of the molecule is Cc1nn(C)cc1CNC(=O)N1CC(C(=O)O)C1. The molecule has 1 aromatic heterocycles. The van der Waals surface area contributed by atoms with E-state index in [-0.39, 0.29) is 19.1 Å². The van der Waals surface area contributed by atoms with Crippen LogP contribution >= 0.6 is 0 Å². The molecule has 7 heteroatoms. The highest BCUT2D eigenvalue weighted by Crippen LogP contribution is 2.15. The summed E-state index contributed by atoms with van der Waals surface area (Å²) < 4.78 is 1.70. The van der Waals surface area contributed by atoms with Crippen molar-refractivity contribution < 1.29 is 14.7 Å². The number of likely N-dealkylation sites (tertiary alicyclic amines) is 1. The minimum Gasteiger partial charge on any atom is -0.481 e. The van der Waals surface area contributed by atoms with Gasteiger partial charge in [-0.2, -0.15) is 5.10 Å². The van der Waals surface area contributed by atoms with Gasteiger partial charge in [0.15, 0.2) is 0 Å². The first-order chi connectivity index (χ1) is 8.47. The third kappa shape index (κ3) is 2.44. The van der Waals surface area contributed by atoms with Crippen LogP contribution in [0.1, 0.15) is 11.3 Å². The molecule has 1 aromatic rings. The van der Waals surface area contributed by atoms with Crippen LogP contribution in [-0.2, 0) is 18.4 Å². The number of aromatic nitrogens is 2. The van der Waals surface area contributed by atoms with E-state index in [1.807, 2.05) is 20.2 Å². The first kappa shape index (κ1) is 12.4. The van der Waals surface area contributed by atoms with Gasteiger partial charge in [0.25, 0.3) is 0 Å². The minimum absolute atomic E-state index is 0.226. The van der Waals surface area contributed by atoms with Gasteiger partial charge >= 0.3 is 12.0 Å². The maximum Gasteiger partial charge on any atom is 0.317 e. The van der Waals surface area contributed by atoms with Crippen molar-refractivity contribution in [3.63, 3.8) is 0 Å². The van der Waals surface area contributed by atoms with Gasteiger partial charge in [0.1, 0.15) is 0 Å². The molecule has 18 heavy (non-hydrogen) atoms. The summed E-state index contributed by atoms with van der Waals surface area (Å²) in [6.45, 7) is 2.86. The third-order valence-corrected chi connectivity index (χ3v) is 3.06. The Morgan fingerprint density at radius 2 is 2.22 bits per heavy atom. The quantitative estimate of drug-likeness (QED) is 0.789. The monoisotopic (exact) mass is 252 g/mol. The first-order valence-electron chi connectivity index (χ1n) is 5.72. The molecule has 0 saturated carbocycles. The number of carbonyl (C=O) groups excluding carboxylic acids is 1. The van der Waals surface area contributed by atoms with Crippen molar-refractivity contribution in [1.82, 2.24) is 20.0 Å². The van der Waals surface area contributed by atoms with Gasteiger partial charge in [0.2, 0.25) is 0 Å². The van der Waals surface area contributed by atoms with Crippen LogP contribution in [0.4, 0.5) is 4.79 Å². The Labute approximate surface area is 104 Å². The summed E-state index contributed by atoms with van der Waals surface area (Å²) in [6, 6.07) is -0.226. The fourth-order valence-electron chi connectivity index (χ4n) is 1.91. The van der Waals surface area contributed by atoms with Gasteiger partial charge in [0, 0.05) is 38.4 Å². The fourth-order valence-corrected chi connectivity index (χ4v) is 1.91. The molecule has 7 nitrogen and oxygen atoms in total. The Morgan fingerprint density at radius 1 is 1.56 bits per heavy atom.